The van der Waals surface area contributed by atoms with E-state index < -0.39 is 11.8 Å². The summed E-state index contributed by atoms with van der Waals surface area (Å²) in [6.07, 6.45) is 0. The molecule has 0 fully saturated rings. The molecule has 0 aliphatic rings. The predicted molar refractivity (Wildman–Crippen MR) is 78.3 cm³/mol. The van der Waals surface area contributed by atoms with Gasteiger partial charge in [0.2, 0.25) is 0 Å². The Hall–Kier alpha value is -1.91. The van der Waals surface area contributed by atoms with Gasteiger partial charge in [0.25, 0.3) is 0 Å². The first kappa shape index (κ1) is 16.1. The Morgan fingerprint density at radius 1 is 1.20 bits per heavy atom. The number of hydrogen-bond acceptors (Lipinski definition) is 3. The van der Waals surface area contributed by atoms with Crippen LogP contribution in [0.5, 0.6) is 0 Å². The summed E-state index contributed by atoms with van der Waals surface area (Å²) in [7, 11) is 1.26. The predicted octanol–water partition coefficient (Wildman–Crippen LogP) is 3.16. The molecule has 2 aromatic carbocycles. The molecule has 3 nitrogen and oxygen atoms in total. The highest BCUT2D eigenvalue weighted by Crippen LogP contribution is 2.27. The van der Waals surface area contributed by atoms with Crippen LogP contribution in [-0.4, -0.2) is 13.1 Å². The van der Waals surface area contributed by atoms with Crippen LogP contribution in [0.15, 0.2) is 42.5 Å². The second-order valence-corrected chi connectivity index (χ2v) is 4.05. The fourth-order valence-electron chi connectivity index (χ4n) is 1.94. The van der Waals surface area contributed by atoms with Gasteiger partial charge in [0, 0.05) is 12.1 Å². The Balaban J connectivity index is 0.00000200. The fourth-order valence-corrected chi connectivity index (χ4v) is 1.94. The molecule has 0 aliphatic carbocycles. The Bertz CT molecular complexity index is 617. The lowest BCUT2D eigenvalue weighted by atomic mass is 9.98. The molecule has 0 amide bonds. The molecular formula is C15H15ClFNO2. The Labute approximate surface area is 123 Å². The minimum Gasteiger partial charge on any atom is -0.465 e. The molecule has 2 N–H and O–H groups in total. The van der Waals surface area contributed by atoms with Crippen molar-refractivity contribution in [3.05, 3.63) is 59.4 Å². The SMILES string of the molecule is COC(=O)c1ccc(-c2ccccc2CN)c(F)c1.Cl. The molecule has 0 heterocycles. The minimum absolute atomic E-state index is 0. The molecule has 0 saturated carbocycles. The summed E-state index contributed by atoms with van der Waals surface area (Å²) < 4.78 is 18.7. The van der Waals surface area contributed by atoms with Crippen LogP contribution in [0.4, 0.5) is 4.39 Å². The Morgan fingerprint density at radius 3 is 2.50 bits per heavy atom. The minimum atomic E-state index is -0.558. The van der Waals surface area contributed by atoms with Crippen molar-refractivity contribution < 1.29 is 13.9 Å². The molecule has 2 rings (SSSR count). The Kier molecular flexibility index (Phi) is 5.67. The van der Waals surface area contributed by atoms with Crippen LogP contribution in [0.2, 0.25) is 0 Å². The molecule has 0 saturated heterocycles. The molecule has 0 unspecified atom stereocenters. The molecule has 0 aliphatic heterocycles. The molecule has 0 atom stereocenters. The molecule has 20 heavy (non-hydrogen) atoms. The van der Waals surface area contributed by atoms with E-state index in [0.717, 1.165) is 11.1 Å². The lowest BCUT2D eigenvalue weighted by Crippen LogP contribution is -2.03. The van der Waals surface area contributed by atoms with Crippen LogP contribution in [0.25, 0.3) is 11.1 Å². The van der Waals surface area contributed by atoms with E-state index in [1.165, 1.54) is 19.2 Å². The van der Waals surface area contributed by atoms with Gasteiger partial charge in [-0.15, -0.1) is 12.4 Å². The molecular weight excluding hydrogens is 281 g/mol. The molecule has 5 heteroatoms. The van der Waals surface area contributed by atoms with Crippen LogP contribution in [0, 0.1) is 5.82 Å². The number of carbonyl (C=O) groups is 1. The van der Waals surface area contributed by atoms with Crippen molar-refractivity contribution in [2.75, 3.05) is 7.11 Å². The molecule has 106 valence electrons. The number of carbonyl (C=O) groups excluding carboxylic acids is 1. The topological polar surface area (TPSA) is 52.3 Å². The average Bonchev–Trinajstić information content (AvgIpc) is 2.46. The summed E-state index contributed by atoms with van der Waals surface area (Å²) in [5.74, 6) is -1.03. The second kappa shape index (κ2) is 7.03. The van der Waals surface area contributed by atoms with E-state index in [0.29, 0.717) is 12.1 Å². The number of nitrogens with two attached hydrogens (primary N) is 1. The number of hydrogen-bond donors (Lipinski definition) is 1. The van der Waals surface area contributed by atoms with Gasteiger partial charge in [-0.2, -0.15) is 0 Å². The van der Waals surface area contributed by atoms with Gasteiger partial charge in [-0.3, -0.25) is 0 Å². The first-order valence-corrected chi connectivity index (χ1v) is 5.83. The number of rotatable bonds is 3. The zero-order valence-corrected chi connectivity index (χ0v) is 11.7. The van der Waals surface area contributed by atoms with E-state index >= 15 is 0 Å². The maximum absolute atomic E-state index is 14.1. The van der Waals surface area contributed by atoms with Crippen molar-refractivity contribution in [2.24, 2.45) is 5.73 Å². The average molecular weight is 296 g/mol. The van der Waals surface area contributed by atoms with Gasteiger partial charge in [0.05, 0.1) is 12.7 Å². The third-order valence-electron chi connectivity index (χ3n) is 2.92. The van der Waals surface area contributed by atoms with Crippen molar-refractivity contribution >= 4 is 18.4 Å². The highest BCUT2D eigenvalue weighted by molar-refractivity contribution is 5.90. The molecule has 0 aromatic heterocycles. The van der Waals surface area contributed by atoms with Crippen LogP contribution in [-0.2, 0) is 11.3 Å². The van der Waals surface area contributed by atoms with Crippen LogP contribution in [0.3, 0.4) is 0 Å². The second-order valence-electron chi connectivity index (χ2n) is 4.05. The number of esters is 1. The van der Waals surface area contributed by atoms with E-state index in [1.807, 2.05) is 18.2 Å². The van der Waals surface area contributed by atoms with Crippen LogP contribution in [0.1, 0.15) is 15.9 Å². The summed E-state index contributed by atoms with van der Waals surface area (Å²) in [5.41, 5.74) is 7.84. The molecule has 0 bridgehead atoms. The lowest BCUT2D eigenvalue weighted by Gasteiger charge is -2.09. The zero-order valence-electron chi connectivity index (χ0n) is 10.9. The largest absolute Gasteiger partial charge is 0.465 e. The molecule has 0 radical (unpaired) electrons. The summed E-state index contributed by atoms with van der Waals surface area (Å²) in [6.45, 7) is 0.328. The van der Waals surface area contributed by atoms with Gasteiger partial charge in [-0.25, -0.2) is 9.18 Å². The molecule has 2 aromatic rings. The third kappa shape index (κ3) is 3.15. The van der Waals surface area contributed by atoms with E-state index in [1.54, 1.807) is 12.1 Å². The number of benzene rings is 2. The van der Waals surface area contributed by atoms with Gasteiger partial charge in [-0.05, 0) is 23.3 Å². The monoisotopic (exact) mass is 295 g/mol. The molecule has 0 spiro atoms. The number of halogens is 2. The highest BCUT2D eigenvalue weighted by atomic mass is 35.5. The summed E-state index contributed by atoms with van der Waals surface area (Å²) in [6, 6.07) is 11.6. The summed E-state index contributed by atoms with van der Waals surface area (Å²) in [4.78, 5) is 11.3. The van der Waals surface area contributed by atoms with Crippen LogP contribution >= 0.6 is 12.4 Å². The van der Waals surface area contributed by atoms with Crippen molar-refractivity contribution in [2.45, 2.75) is 6.54 Å². The van der Waals surface area contributed by atoms with E-state index in [4.69, 9.17) is 5.73 Å². The highest BCUT2D eigenvalue weighted by Gasteiger charge is 2.12. The quantitative estimate of drug-likeness (QED) is 0.885. The lowest BCUT2D eigenvalue weighted by molar-refractivity contribution is 0.0600. The number of methoxy groups -OCH3 is 1. The van der Waals surface area contributed by atoms with Gasteiger partial charge in [-0.1, -0.05) is 30.3 Å². The van der Waals surface area contributed by atoms with E-state index in [2.05, 4.69) is 4.74 Å². The fraction of sp³-hybridized carbons (Fsp3) is 0.133. The van der Waals surface area contributed by atoms with Crippen molar-refractivity contribution in [3.63, 3.8) is 0 Å². The van der Waals surface area contributed by atoms with Gasteiger partial charge in [0.15, 0.2) is 0 Å². The normalized spacial score (nSPS) is 9.75. The smallest absolute Gasteiger partial charge is 0.337 e. The van der Waals surface area contributed by atoms with Crippen molar-refractivity contribution in [1.82, 2.24) is 0 Å². The Morgan fingerprint density at radius 2 is 1.90 bits per heavy atom. The number of ether oxygens (including phenoxy) is 1. The maximum Gasteiger partial charge on any atom is 0.337 e. The van der Waals surface area contributed by atoms with Gasteiger partial charge >= 0.3 is 5.97 Å². The maximum atomic E-state index is 14.1. The van der Waals surface area contributed by atoms with Crippen molar-refractivity contribution in [1.29, 1.82) is 0 Å². The van der Waals surface area contributed by atoms with E-state index in [9.17, 15) is 9.18 Å². The summed E-state index contributed by atoms with van der Waals surface area (Å²) >= 11 is 0. The first-order valence-electron chi connectivity index (χ1n) is 5.83. The van der Waals surface area contributed by atoms with Gasteiger partial charge < -0.3 is 10.5 Å². The van der Waals surface area contributed by atoms with Crippen LogP contribution < -0.4 is 5.73 Å². The van der Waals surface area contributed by atoms with E-state index in [-0.39, 0.29) is 18.0 Å². The summed E-state index contributed by atoms with van der Waals surface area (Å²) in [5, 5.41) is 0. The van der Waals surface area contributed by atoms with Crippen molar-refractivity contribution in [3.8, 4) is 11.1 Å². The first-order chi connectivity index (χ1) is 9.17. The zero-order chi connectivity index (χ0) is 13.8. The standard InChI is InChI=1S/C15H14FNO2.ClH/c1-19-15(18)10-6-7-13(14(16)8-10)12-5-3-2-4-11(12)9-17;/h2-8H,9,17H2,1H3;1H. The third-order valence-corrected chi connectivity index (χ3v) is 2.92. The van der Waals surface area contributed by atoms with Gasteiger partial charge in [0.1, 0.15) is 5.82 Å².